The lowest BCUT2D eigenvalue weighted by Crippen LogP contribution is -2.49. The van der Waals surface area contributed by atoms with Crippen LogP contribution in [0.1, 0.15) is 17.3 Å². The van der Waals surface area contributed by atoms with Crippen molar-refractivity contribution >= 4 is 21.6 Å². The molecule has 27 heavy (non-hydrogen) atoms. The highest BCUT2D eigenvalue weighted by molar-refractivity contribution is 7.88. The van der Waals surface area contributed by atoms with Gasteiger partial charge >= 0.3 is 0 Å². The van der Waals surface area contributed by atoms with Gasteiger partial charge in [0.15, 0.2) is 0 Å². The number of sulfonamides is 1. The van der Waals surface area contributed by atoms with Gasteiger partial charge in [0, 0.05) is 56.7 Å². The number of nitrogens with one attached hydrogen (secondary N) is 1. The molecule has 1 aliphatic rings. The van der Waals surface area contributed by atoms with E-state index in [1.165, 1.54) is 0 Å². The molecule has 1 unspecified atom stereocenters. The molecule has 1 aromatic carbocycles. The summed E-state index contributed by atoms with van der Waals surface area (Å²) in [6, 6.07) is 11.0. The van der Waals surface area contributed by atoms with Crippen LogP contribution in [0, 0.1) is 0 Å². The Hall–Kier alpha value is -1.38. The number of aromatic nitrogens is 1. The Labute approximate surface area is 166 Å². The SMILES string of the molecule is CN1CCN(C(CNS(=O)(=O)Cc2ccc(Cl)cc2)c2cccn2C)CC1. The fourth-order valence-electron chi connectivity index (χ4n) is 3.43. The lowest BCUT2D eigenvalue weighted by atomic mass is 10.1. The number of hydrogen-bond acceptors (Lipinski definition) is 4. The summed E-state index contributed by atoms with van der Waals surface area (Å²) in [5, 5.41) is 0.600. The molecule has 0 amide bonds. The molecular weight excluding hydrogens is 384 g/mol. The van der Waals surface area contributed by atoms with Crippen LogP contribution in [0.4, 0.5) is 0 Å². The van der Waals surface area contributed by atoms with Gasteiger partial charge in [-0.3, -0.25) is 4.90 Å². The van der Waals surface area contributed by atoms with Gasteiger partial charge in [0.2, 0.25) is 10.0 Å². The minimum Gasteiger partial charge on any atom is -0.353 e. The van der Waals surface area contributed by atoms with Crippen LogP contribution in [0.25, 0.3) is 0 Å². The first-order valence-corrected chi connectivity index (χ1v) is 11.1. The van der Waals surface area contributed by atoms with Gasteiger partial charge in [-0.25, -0.2) is 13.1 Å². The number of halogens is 1. The monoisotopic (exact) mass is 410 g/mol. The molecule has 8 heteroatoms. The second-order valence-electron chi connectivity index (χ2n) is 7.13. The third-order valence-electron chi connectivity index (χ3n) is 5.07. The lowest BCUT2D eigenvalue weighted by Gasteiger charge is -2.38. The van der Waals surface area contributed by atoms with E-state index in [0.29, 0.717) is 11.6 Å². The van der Waals surface area contributed by atoms with E-state index in [-0.39, 0.29) is 11.8 Å². The average molecular weight is 411 g/mol. The predicted octanol–water partition coefficient (Wildman–Crippen LogP) is 2.09. The number of benzene rings is 1. The predicted molar refractivity (Wildman–Crippen MR) is 109 cm³/mol. The van der Waals surface area contributed by atoms with E-state index in [2.05, 4.69) is 32.2 Å². The molecular formula is C19H27ClN4O2S. The summed E-state index contributed by atoms with van der Waals surface area (Å²) >= 11 is 5.88. The zero-order valence-corrected chi connectivity index (χ0v) is 17.4. The highest BCUT2D eigenvalue weighted by Gasteiger charge is 2.27. The summed E-state index contributed by atoms with van der Waals surface area (Å²) in [7, 11) is 0.680. The molecule has 0 radical (unpaired) electrons. The van der Waals surface area contributed by atoms with Crippen molar-refractivity contribution in [2.75, 3.05) is 39.8 Å². The fraction of sp³-hybridized carbons (Fsp3) is 0.474. The Kier molecular flexibility index (Phi) is 6.60. The van der Waals surface area contributed by atoms with Crippen molar-refractivity contribution < 1.29 is 8.42 Å². The molecule has 0 bridgehead atoms. The Morgan fingerprint density at radius 3 is 2.33 bits per heavy atom. The molecule has 1 aliphatic heterocycles. The number of rotatable bonds is 7. The Morgan fingerprint density at radius 1 is 1.07 bits per heavy atom. The first-order chi connectivity index (χ1) is 12.8. The third kappa shape index (κ3) is 5.56. The van der Waals surface area contributed by atoms with Gasteiger partial charge in [-0.05, 0) is 36.9 Å². The molecule has 6 nitrogen and oxygen atoms in total. The van der Waals surface area contributed by atoms with E-state index in [1.807, 2.05) is 19.3 Å². The Bertz CT molecular complexity index is 843. The minimum absolute atomic E-state index is 0.0127. The summed E-state index contributed by atoms with van der Waals surface area (Å²) in [5.41, 5.74) is 1.84. The molecule has 0 saturated carbocycles. The quantitative estimate of drug-likeness (QED) is 0.759. The van der Waals surface area contributed by atoms with E-state index >= 15 is 0 Å². The van der Waals surface area contributed by atoms with Gasteiger partial charge < -0.3 is 9.47 Å². The first kappa shape index (κ1) is 20.4. The van der Waals surface area contributed by atoms with Crippen molar-refractivity contribution in [1.82, 2.24) is 19.1 Å². The molecule has 1 N–H and O–H groups in total. The van der Waals surface area contributed by atoms with Gasteiger partial charge in [0.1, 0.15) is 0 Å². The normalized spacial score (nSPS) is 17.9. The van der Waals surface area contributed by atoms with E-state index in [1.54, 1.807) is 24.3 Å². The van der Waals surface area contributed by atoms with Crippen molar-refractivity contribution in [3.05, 3.63) is 58.9 Å². The lowest BCUT2D eigenvalue weighted by molar-refractivity contribution is 0.109. The molecule has 0 aliphatic carbocycles. The number of hydrogen-bond donors (Lipinski definition) is 1. The van der Waals surface area contributed by atoms with Crippen LogP contribution in [-0.4, -0.2) is 62.6 Å². The zero-order valence-electron chi connectivity index (χ0n) is 15.8. The third-order valence-corrected chi connectivity index (χ3v) is 6.64. The van der Waals surface area contributed by atoms with Crippen LogP contribution in [0.5, 0.6) is 0 Å². The zero-order chi connectivity index (χ0) is 19.4. The molecule has 148 valence electrons. The van der Waals surface area contributed by atoms with E-state index < -0.39 is 10.0 Å². The van der Waals surface area contributed by atoms with Crippen LogP contribution in [0.15, 0.2) is 42.6 Å². The van der Waals surface area contributed by atoms with Crippen LogP contribution in [0.2, 0.25) is 5.02 Å². The summed E-state index contributed by atoms with van der Waals surface area (Å²) in [4.78, 5) is 4.66. The van der Waals surface area contributed by atoms with Gasteiger partial charge in [-0.2, -0.15) is 0 Å². The van der Waals surface area contributed by atoms with Gasteiger partial charge in [0.05, 0.1) is 11.8 Å². The summed E-state index contributed by atoms with van der Waals surface area (Å²) in [5.74, 6) is -0.0488. The average Bonchev–Trinajstić information content (AvgIpc) is 3.04. The van der Waals surface area contributed by atoms with Crippen molar-refractivity contribution in [3.63, 3.8) is 0 Å². The number of piperazine rings is 1. The first-order valence-electron chi connectivity index (χ1n) is 9.10. The second kappa shape index (κ2) is 8.75. The van der Waals surface area contributed by atoms with E-state index in [4.69, 9.17) is 11.6 Å². The largest absolute Gasteiger partial charge is 0.353 e. The van der Waals surface area contributed by atoms with Crippen molar-refractivity contribution in [2.45, 2.75) is 11.8 Å². The fourth-order valence-corrected chi connectivity index (χ4v) is 4.70. The number of nitrogens with zero attached hydrogens (tertiary/aromatic N) is 3. The Morgan fingerprint density at radius 2 is 1.74 bits per heavy atom. The van der Waals surface area contributed by atoms with Gasteiger partial charge in [-0.15, -0.1) is 0 Å². The van der Waals surface area contributed by atoms with Crippen LogP contribution < -0.4 is 4.72 Å². The van der Waals surface area contributed by atoms with E-state index in [0.717, 1.165) is 37.4 Å². The maximum absolute atomic E-state index is 12.6. The van der Waals surface area contributed by atoms with Crippen molar-refractivity contribution in [2.24, 2.45) is 7.05 Å². The van der Waals surface area contributed by atoms with Crippen LogP contribution in [-0.2, 0) is 22.8 Å². The highest BCUT2D eigenvalue weighted by atomic mass is 35.5. The molecule has 2 heterocycles. The Balaban J connectivity index is 1.70. The van der Waals surface area contributed by atoms with Crippen LogP contribution in [0.3, 0.4) is 0 Å². The number of aryl methyl sites for hydroxylation is 1. The van der Waals surface area contributed by atoms with Crippen molar-refractivity contribution in [3.8, 4) is 0 Å². The highest BCUT2D eigenvalue weighted by Crippen LogP contribution is 2.22. The van der Waals surface area contributed by atoms with Crippen molar-refractivity contribution in [1.29, 1.82) is 0 Å². The second-order valence-corrected chi connectivity index (χ2v) is 9.38. The molecule has 1 fully saturated rings. The van der Waals surface area contributed by atoms with E-state index in [9.17, 15) is 8.42 Å². The topological polar surface area (TPSA) is 57.6 Å². The summed E-state index contributed by atoms with van der Waals surface area (Å²) < 4.78 is 30.1. The van der Waals surface area contributed by atoms with Gasteiger partial charge in [0.25, 0.3) is 0 Å². The maximum Gasteiger partial charge on any atom is 0.215 e. The smallest absolute Gasteiger partial charge is 0.215 e. The molecule has 3 rings (SSSR count). The van der Waals surface area contributed by atoms with Crippen LogP contribution >= 0.6 is 11.6 Å². The summed E-state index contributed by atoms with van der Waals surface area (Å²) in [6.07, 6.45) is 2.00. The standard InChI is InChI=1S/C19H27ClN4O2S/c1-22-10-12-24(13-11-22)19(18-4-3-9-23(18)2)14-21-27(25,26)15-16-5-7-17(20)8-6-16/h3-9,19,21H,10-15H2,1-2H3. The number of likely N-dealkylation sites (N-methyl/N-ethyl adjacent to an activating group) is 1. The van der Waals surface area contributed by atoms with Gasteiger partial charge in [-0.1, -0.05) is 23.7 Å². The molecule has 1 saturated heterocycles. The molecule has 0 spiro atoms. The summed E-state index contributed by atoms with van der Waals surface area (Å²) in [6.45, 7) is 4.17. The minimum atomic E-state index is -3.44. The molecule has 1 aromatic heterocycles. The molecule has 1 atom stereocenters. The molecule has 2 aromatic rings. The maximum atomic E-state index is 12.6.